The largest absolute Gasteiger partial charge is 0.493 e. The molecule has 0 radical (unpaired) electrons. The summed E-state index contributed by atoms with van der Waals surface area (Å²) in [7, 11) is 1.58. The van der Waals surface area contributed by atoms with E-state index in [1.54, 1.807) is 19.2 Å². The van der Waals surface area contributed by atoms with E-state index in [4.69, 9.17) is 9.47 Å². The highest BCUT2D eigenvalue weighted by atomic mass is 16.5. The molecule has 1 aromatic carbocycles. The lowest BCUT2D eigenvalue weighted by Crippen LogP contribution is -2.48. The molecule has 0 spiro atoms. The molecule has 0 unspecified atom stereocenters. The highest BCUT2D eigenvalue weighted by Gasteiger charge is 2.17. The van der Waals surface area contributed by atoms with E-state index in [0.29, 0.717) is 24.0 Å². The molecule has 5 nitrogen and oxygen atoms in total. The average molecular weight is 250 g/mol. The molecule has 0 saturated carbocycles. The minimum Gasteiger partial charge on any atom is -0.493 e. The molecule has 1 saturated heterocycles. The summed E-state index contributed by atoms with van der Waals surface area (Å²) < 4.78 is 10.6. The Hall–Kier alpha value is -1.75. The summed E-state index contributed by atoms with van der Waals surface area (Å²) in [6.45, 7) is 2.68. The molecule has 0 aliphatic carbocycles. The maximum atomic E-state index is 11.6. The molecule has 2 rings (SSSR count). The molecule has 1 fully saturated rings. The molecule has 1 aromatic rings. The third-order valence-electron chi connectivity index (χ3n) is 2.88. The van der Waals surface area contributed by atoms with Crippen molar-refractivity contribution in [1.82, 2.24) is 10.6 Å². The quantitative estimate of drug-likeness (QED) is 0.767. The van der Waals surface area contributed by atoms with Gasteiger partial charge in [-0.15, -0.1) is 0 Å². The third kappa shape index (κ3) is 3.37. The Morgan fingerprint density at radius 3 is 2.72 bits per heavy atom. The van der Waals surface area contributed by atoms with Crippen LogP contribution in [-0.2, 0) is 4.79 Å². The maximum absolute atomic E-state index is 11.6. The van der Waals surface area contributed by atoms with E-state index in [2.05, 4.69) is 10.6 Å². The third-order valence-corrected chi connectivity index (χ3v) is 2.88. The minimum absolute atomic E-state index is 0.0144. The minimum atomic E-state index is -0.104. The predicted molar refractivity (Wildman–Crippen MR) is 67.9 cm³/mol. The number of benzene rings is 1. The van der Waals surface area contributed by atoms with Crippen LogP contribution in [0.1, 0.15) is 0 Å². The lowest BCUT2D eigenvalue weighted by Gasteiger charge is -2.27. The van der Waals surface area contributed by atoms with E-state index < -0.39 is 0 Å². The van der Waals surface area contributed by atoms with Crippen molar-refractivity contribution in [2.75, 3.05) is 33.4 Å². The number of hydrogen-bond acceptors (Lipinski definition) is 4. The lowest BCUT2D eigenvalue weighted by molar-refractivity contribution is -0.123. The Kier molecular flexibility index (Phi) is 4.41. The number of ether oxygens (including phenoxy) is 2. The normalized spacial score (nSPS) is 14.7. The SMILES string of the molecule is COc1ccccc1OCC(=O)NCC1CNC1. The van der Waals surface area contributed by atoms with Gasteiger partial charge in [-0.2, -0.15) is 0 Å². The van der Waals surface area contributed by atoms with E-state index in [-0.39, 0.29) is 12.5 Å². The summed E-state index contributed by atoms with van der Waals surface area (Å²) in [5.41, 5.74) is 0. The Balaban J connectivity index is 1.74. The second-order valence-electron chi connectivity index (χ2n) is 4.27. The first kappa shape index (κ1) is 12.7. The maximum Gasteiger partial charge on any atom is 0.257 e. The van der Waals surface area contributed by atoms with E-state index in [0.717, 1.165) is 13.1 Å². The topological polar surface area (TPSA) is 59.6 Å². The van der Waals surface area contributed by atoms with Crippen LogP contribution in [0, 0.1) is 5.92 Å². The first-order valence-electron chi connectivity index (χ1n) is 6.03. The average Bonchev–Trinajstić information content (AvgIpc) is 2.35. The molecule has 1 aliphatic heterocycles. The Morgan fingerprint density at radius 2 is 2.11 bits per heavy atom. The molecule has 98 valence electrons. The van der Waals surface area contributed by atoms with Gasteiger partial charge in [0.2, 0.25) is 0 Å². The van der Waals surface area contributed by atoms with Gasteiger partial charge in [0.1, 0.15) is 0 Å². The van der Waals surface area contributed by atoms with Crippen molar-refractivity contribution in [3.8, 4) is 11.5 Å². The monoisotopic (exact) mass is 250 g/mol. The second kappa shape index (κ2) is 6.26. The molecule has 18 heavy (non-hydrogen) atoms. The smallest absolute Gasteiger partial charge is 0.257 e. The van der Waals surface area contributed by atoms with E-state index in [9.17, 15) is 4.79 Å². The fourth-order valence-electron chi connectivity index (χ4n) is 1.68. The van der Waals surface area contributed by atoms with Crippen molar-refractivity contribution in [3.63, 3.8) is 0 Å². The summed E-state index contributed by atoms with van der Waals surface area (Å²) in [5, 5.41) is 6.01. The number of para-hydroxylation sites is 2. The van der Waals surface area contributed by atoms with Gasteiger partial charge in [-0.25, -0.2) is 0 Å². The summed E-state index contributed by atoms with van der Waals surface area (Å²) in [6, 6.07) is 7.28. The summed E-state index contributed by atoms with van der Waals surface area (Å²) in [4.78, 5) is 11.6. The first-order chi connectivity index (χ1) is 8.79. The molecule has 1 amide bonds. The number of carbonyl (C=O) groups is 1. The van der Waals surface area contributed by atoms with Crippen LogP contribution in [0.4, 0.5) is 0 Å². The Morgan fingerprint density at radius 1 is 1.39 bits per heavy atom. The van der Waals surface area contributed by atoms with Crippen LogP contribution in [0.3, 0.4) is 0 Å². The van der Waals surface area contributed by atoms with Crippen molar-refractivity contribution in [2.24, 2.45) is 5.92 Å². The van der Waals surface area contributed by atoms with Crippen LogP contribution in [0.15, 0.2) is 24.3 Å². The van der Waals surface area contributed by atoms with Crippen molar-refractivity contribution >= 4 is 5.91 Å². The van der Waals surface area contributed by atoms with Crippen LogP contribution in [0.5, 0.6) is 11.5 Å². The molecular formula is C13H18N2O3. The second-order valence-corrected chi connectivity index (χ2v) is 4.27. The Bertz CT molecular complexity index is 405. The highest BCUT2D eigenvalue weighted by Crippen LogP contribution is 2.25. The molecule has 5 heteroatoms. The number of hydrogen-bond donors (Lipinski definition) is 2. The van der Waals surface area contributed by atoms with E-state index in [1.807, 2.05) is 12.1 Å². The van der Waals surface area contributed by atoms with Crippen LogP contribution < -0.4 is 20.1 Å². The van der Waals surface area contributed by atoms with Crippen LogP contribution in [-0.4, -0.2) is 39.3 Å². The van der Waals surface area contributed by atoms with Gasteiger partial charge in [0.25, 0.3) is 5.91 Å². The molecule has 2 N–H and O–H groups in total. The fourth-order valence-corrected chi connectivity index (χ4v) is 1.68. The van der Waals surface area contributed by atoms with Gasteiger partial charge in [0, 0.05) is 25.6 Å². The number of rotatable bonds is 6. The molecule has 0 bridgehead atoms. The van der Waals surface area contributed by atoms with Crippen molar-refractivity contribution < 1.29 is 14.3 Å². The van der Waals surface area contributed by atoms with Gasteiger partial charge in [-0.1, -0.05) is 12.1 Å². The van der Waals surface area contributed by atoms with Crippen molar-refractivity contribution in [2.45, 2.75) is 0 Å². The fraction of sp³-hybridized carbons (Fsp3) is 0.462. The summed E-state index contributed by atoms with van der Waals surface area (Å²) >= 11 is 0. The summed E-state index contributed by atoms with van der Waals surface area (Å²) in [6.07, 6.45) is 0. The zero-order chi connectivity index (χ0) is 12.8. The number of amides is 1. The van der Waals surface area contributed by atoms with E-state index >= 15 is 0 Å². The molecule has 1 heterocycles. The Labute approximate surface area is 106 Å². The zero-order valence-electron chi connectivity index (χ0n) is 10.4. The lowest BCUT2D eigenvalue weighted by atomic mass is 10.0. The van der Waals surface area contributed by atoms with E-state index in [1.165, 1.54) is 0 Å². The number of methoxy groups -OCH3 is 1. The van der Waals surface area contributed by atoms with Crippen LogP contribution in [0.2, 0.25) is 0 Å². The number of nitrogens with one attached hydrogen (secondary N) is 2. The van der Waals surface area contributed by atoms with Gasteiger partial charge in [0.05, 0.1) is 7.11 Å². The number of carbonyl (C=O) groups excluding carboxylic acids is 1. The van der Waals surface area contributed by atoms with Crippen molar-refractivity contribution in [1.29, 1.82) is 0 Å². The van der Waals surface area contributed by atoms with Gasteiger partial charge in [0.15, 0.2) is 18.1 Å². The zero-order valence-corrected chi connectivity index (χ0v) is 10.4. The molecule has 1 aliphatic rings. The van der Waals surface area contributed by atoms with Crippen molar-refractivity contribution in [3.05, 3.63) is 24.3 Å². The highest BCUT2D eigenvalue weighted by molar-refractivity contribution is 5.77. The van der Waals surface area contributed by atoms with Gasteiger partial charge in [-0.3, -0.25) is 4.79 Å². The predicted octanol–water partition coefficient (Wildman–Crippen LogP) is 0.410. The summed E-state index contributed by atoms with van der Waals surface area (Å²) in [5.74, 6) is 1.67. The van der Waals surface area contributed by atoms with Gasteiger partial charge >= 0.3 is 0 Å². The first-order valence-corrected chi connectivity index (χ1v) is 6.03. The van der Waals surface area contributed by atoms with Crippen LogP contribution >= 0.6 is 0 Å². The molecule has 0 atom stereocenters. The van der Waals surface area contributed by atoms with Gasteiger partial charge < -0.3 is 20.1 Å². The molecular weight excluding hydrogens is 232 g/mol. The van der Waals surface area contributed by atoms with Gasteiger partial charge in [-0.05, 0) is 12.1 Å². The molecule has 0 aromatic heterocycles. The van der Waals surface area contributed by atoms with Crippen LogP contribution in [0.25, 0.3) is 0 Å². The standard InChI is InChI=1S/C13H18N2O3/c1-17-11-4-2-3-5-12(11)18-9-13(16)15-8-10-6-14-7-10/h2-5,10,14H,6-9H2,1H3,(H,15,16).